The van der Waals surface area contributed by atoms with Gasteiger partial charge in [-0.3, -0.25) is 4.79 Å². The van der Waals surface area contributed by atoms with Crippen molar-refractivity contribution >= 4 is 17.1 Å². The summed E-state index contributed by atoms with van der Waals surface area (Å²) >= 11 is 1.43. The third-order valence-corrected chi connectivity index (χ3v) is 3.17. The molecule has 0 radical (unpaired) electrons. The van der Waals surface area contributed by atoms with Crippen molar-refractivity contribution in [1.82, 2.24) is 0 Å². The van der Waals surface area contributed by atoms with E-state index in [4.69, 9.17) is 10.2 Å². The molecule has 3 nitrogen and oxygen atoms in total. The van der Waals surface area contributed by atoms with Crippen LogP contribution in [0, 0.1) is 6.92 Å². The highest BCUT2D eigenvalue weighted by atomic mass is 32.1. The normalized spacial score (nSPS) is 10.5. The van der Waals surface area contributed by atoms with Crippen molar-refractivity contribution in [3.8, 4) is 0 Å². The molecule has 2 rings (SSSR count). The molecule has 2 aromatic rings. The van der Waals surface area contributed by atoms with Gasteiger partial charge in [0.1, 0.15) is 5.76 Å². The third-order valence-electron chi connectivity index (χ3n) is 2.15. The van der Waals surface area contributed by atoms with Crippen LogP contribution in [0.15, 0.2) is 28.0 Å². The van der Waals surface area contributed by atoms with Crippen molar-refractivity contribution in [3.63, 3.8) is 0 Å². The summed E-state index contributed by atoms with van der Waals surface area (Å²) in [7, 11) is 0. The molecule has 0 atom stereocenters. The number of thiophene rings is 1. The maximum atomic E-state index is 11.9. The summed E-state index contributed by atoms with van der Waals surface area (Å²) in [6.45, 7) is 2.23. The van der Waals surface area contributed by atoms with Gasteiger partial charge in [-0.25, -0.2) is 0 Å². The van der Waals surface area contributed by atoms with Gasteiger partial charge in [-0.05, 0) is 36.1 Å². The molecule has 2 N–H and O–H groups in total. The van der Waals surface area contributed by atoms with Gasteiger partial charge in [0.15, 0.2) is 5.76 Å². The molecule has 0 saturated carbocycles. The Labute approximate surface area is 91.5 Å². The molecule has 0 spiro atoms. The van der Waals surface area contributed by atoms with Crippen LogP contribution in [0.1, 0.15) is 26.8 Å². The first-order chi connectivity index (χ1) is 7.22. The standard InChI is InChI=1S/C11H11NO2S/c1-7-4-5-15-11(7)10(13)9-3-2-8(6-12)14-9/h2-5H,6,12H2,1H3. The van der Waals surface area contributed by atoms with Gasteiger partial charge < -0.3 is 10.2 Å². The number of furan rings is 1. The number of ketones is 1. The van der Waals surface area contributed by atoms with Crippen LogP contribution in [-0.4, -0.2) is 5.78 Å². The van der Waals surface area contributed by atoms with E-state index in [1.807, 2.05) is 18.4 Å². The van der Waals surface area contributed by atoms with Gasteiger partial charge in [0.05, 0.1) is 11.4 Å². The zero-order valence-corrected chi connectivity index (χ0v) is 9.14. The van der Waals surface area contributed by atoms with Crippen LogP contribution < -0.4 is 5.73 Å². The molecule has 0 aliphatic rings. The molecule has 15 heavy (non-hydrogen) atoms. The van der Waals surface area contributed by atoms with Gasteiger partial charge in [0, 0.05) is 0 Å². The van der Waals surface area contributed by atoms with Gasteiger partial charge in [0.25, 0.3) is 0 Å². The molecule has 78 valence electrons. The van der Waals surface area contributed by atoms with Crippen LogP contribution in [-0.2, 0) is 6.54 Å². The Morgan fingerprint density at radius 2 is 2.27 bits per heavy atom. The highest BCUT2D eigenvalue weighted by Crippen LogP contribution is 2.21. The van der Waals surface area contributed by atoms with Crippen molar-refractivity contribution in [1.29, 1.82) is 0 Å². The summed E-state index contributed by atoms with van der Waals surface area (Å²) in [5, 5.41) is 1.90. The second kappa shape index (κ2) is 4.00. The predicted octanol–water partition coefficient (Wildman–Crippen LogP) is 2.34. The number of aryl methyl sites for hydroxylation is 1. The minimum atomic E-state index is -0.0674. The molecule has 0 bridgehead atoms. The Morgan fingerprint density at radius 3 is 2.80 bits per heavy atom. The summed E-state index contributed by atoms with van der Waals surface area (Å²) in [4.78, 5) is 12.7. The highest BCUT2D eigenvalue weighted by Gasteiger charge is 2.16. The smallest absolute Gasteiger partial charge is 0.238 e. The number of rotatable bonds is 3. The van der Waals surface area contributed by atoms with E-state index in [1.54, 1.807) is 12.1 Å². The Morgan fingerprint density at radius 1 is 1.47 bits per heavy atom. The maximum absolute atomic E-state index is 11.9. The van der Waals surface area contributed by atoms with Crippen molar-refractivity contribution in [2.75, 3.05) is 0 Å². The summed E-state index contributed by atoms with van der Waals surface area (Å²) < 4.78 is 5.31. The average molecular weight is 221 g/mol. The van der Waals surface area contributed by atoms with E-state index in [2.05, 4.69) is 0 Å². The van der Waals surface area contributed by atoms with E-state index >= 15 is 0 Å². The zero-order chi connectivity index (χ0) is 10.8. The summed E-state index contributed by atoms with van der Waals surface area (Å²) in [5.41, 5.74) is 6.39. The fourth-order valence-electron chi connectivity index (χ4n) is 1.33. The maximum Gasteiger partial charge on any atom is 0.238 e. The molecule has 0 unspecified atom stereocenters. The minimum Gasteiger partial charge on any atom is -0.456 e. The summed E-state index contributed by atoms with van der Waals surface area (Å²) in [6.07, 6.45) is 0. The van der Waals surface area contributed by atoms with Gasteiger partial charge in [-0.15, -0.1) is 11.3 Å². The number of hydrogen-bond donors (Lipinski definition) is 1. The van der Waals surface area contributed by atoms with Gasteiger partial charge >= 0.3 is 0 Å². The summed E-state index contributed by atoms with van der Waals surface area (Å²) in [5.74, 6) is 0.927. The molecule has 0 amide bonds. The predicted molar refractivity (Wildman–Crippen MR) is 59.1 cm³/mol. The monoisotopic (exact) mass is 221 g/mol. The van der Waals surface area contributed by atoms with E-state index in [0.29, 0.717) is 18.1 Å². The van der Waals surface area contributed by atoms with E-state index in [-0.39, 0.29) is 5.78 Å². The lowest BCUT2D eigenvalue weighted by Gasteiger charge is -1.95. The Hall–Kier alpha value is -1.39. The topological polar surface area (TPSA) is 56.2 Å². The lowest BCUT2D eigenvalue weighted by atomic mass is 10.2. The van der Waals surface area contributed by atoms with Crippen LogP contribution in [0.5, 0.6) is 0 Å². The Bertz CT molecular complexity index is 484. The first-order valence-electron chi connectivity index (χ1n) is 4.60. The Kier molecular flexibility index (Phi) is 2.70. The molecule has 0 fully saturated rings. The van der Waals surface area contributed by atoms with Crippen LogP contribution in [0.3, 0.4) is 0 Å². The molecule has 0 aliphatic carbocycles. The molecular formula is C11H11NO2S. The zero-order valence-electron chi connectivity index (χ0n) is 8.32. The van der Waals surface area contributed by atoms with Crippen molar-refractivity contribution in [2.45, 2.75) is 13.5 Å². The van der Waals surface area contributed by atoms with Crippen LogP contribution in [0.25, 0.3) is 0 Å². The van der Waals surface area contributed by atoms with Gasteiger partial charge in [-0.1, -0.05) is 0 Å². The molecular weight excluding hydrogens is 210 g/mol. The van der Waals surface area contributed by atoms with Crippen LogP contribution in [0.4, 0.5) is 0 Å². The third kappa shape index (κ3) is 1.86. The first kappa shape index (κ1) is 10.1. The van der Waals surface area contributed by atoms with Crippen LogP contribution in [0.2, 0.25) is 0 Å². The van der Waals surface area contributed by atoms with E-state index in [1.165, 1.54) is 11.3 Å². The summed E-state index contributed by atoms with van der Waals surface area (Å²) in [6, 6.07) is 5.32. The Balaban J connectivity index is 2.32. The molecule has 0 aromatic carbocycles. The van der Waals surface area contributed by atoms with Crippen molar-refractivity contribution in [3.05, 3.63) is 45.5 Å². The van der Waals surface area contributed by atoms with Crippen molar-refractivity contribution < 1.29 is 9.21 Å². The molecule has 0 aliphatic heterocycles. The van der Waals surface area contributed by atoms with E-state index in [9.17, 15) is 4.79 Å². The molecule has 2 heterocycles. The molecule has 2 aromatic heterocycles. The van der Waals surface area contributed by atoms with Gasteiger partial charge in [0.2, 0.25) is 5.78 Å². The minimum absolute atomic E-state index is 0.0674. The average Bonchev–Trinajstić information content (AvgIpc) is 2.84. The largest absolute Gasteiger partial charge is 0.456 e. The fourth-order valence-corrected chi connectivity index (χ4v) is 2.20. The number of carbonyl (C=O) groups excluding carboxylic acids is 1. The highest BCUT2D eigenvalue weighted by molar-refractivity contribution is 7.12. The van der Waals surface area contributed by atoms with Crippen molar-refractivity contribution in [2.24, 2.45) is 5.73 Å². The second-order valence-corrected chi connectivity index (χ2v) is 4.15. The SMILES string of the molecule is Cc1ccsc1C(=O)c1ccc(CN)o1. The quantitative estimate of drug-likeness (QED) is 0.809. The van der Waals surface area contributed by atoms with E-state index < -0.39 is 0 Å². The number of carbonyl (C=O) groups is 1. The van der Waals surface area contributed by atoms with E-state index in [0.717, 1.165) is 10.4 Å². The fraction of sp³-hybridized carbons (Fsp3) is 0.182. The van der Waals surface area contributed by atoms with Gasteiger partial charge in [-0.2, -0.15) is 0 Å². The number of hydrogen-bond acceptors (Lipinski definition) is 4. The lowest BCUT2D eigenvalue weighted by molar-refractivity contribution is 0.101. The molecule has 0 saturated heterocycles. The lowest BCUT2D eigenvalue weighted by Crippen LogP contribution is -1.99. The van der Waals surface area contributed by atoms with Crippen LogP contribution >= 0.6 is 11.3 Å². The number of nitrogens with two attached hydrogens (primary N) is 1. The molecule has 4 heteroatoms. The first-order valence-corrected chi connectivity index (χ1v) is 5.48. The second-order valence-electron chi connectivity index (χ2n) is 3.23.